The van der Waals surface area contributed by atoms with Gasteiger partial charge in [0.15, 0.2) is 0 Å². The third kappa shape index (κ3) is 2.78. The highest BCUT2D eigenvalue weighted by molar-refractivity contribution is 6.35. The van der Waals surface area contributed by atoms with E-state index in [9.17, 15) is 4.79 Å². The van der Waals surface area contributed by atoms with Gasteiger partial charge in [0.1, 0.15) is 16.5 Å². The zero-order chi connectivity index (χ0) is 16.4. The van der Waals surface area contributed by atoms with Crippen molar-refractivity contribution in [1.82, 2.24) is 4.57 Å². The highest BCUT2D eigenvalue weighted by atomic mass is 35.5. The van der Waals surface area contributed by atoms with Crippen LogP contribution in [-0.2, 0) is 11.3 Å². The van der Waals surface area contributed by atoms with Crippen LogP contribution in [-0.4, -0.2) is 24.8 Å². The lowest BCUT2D eigenvalue weighted by Crippen LogP contribution is -2.03. The molecule has 1 aromatic heterocycles. The Morgan fingerprint density at radius 1 is 1.09 bits per heavy atom. The van der Waals surface area contributed by atoms with E-state index in [2.05, 4.69) is 0 Å². The number of esters is 1. The average Bonchev–Trinajstić information content (AvgIpc) is 2.87. The van der Waals surface area contributed by atoms with Gasteiger partial charge in [-0.2, -0.15) is 0 Å². The number of benzene rings is 2. The molecule has 4 nitrogen and oxygen atoms in total. The fraction of sp³-hybridized carbons (Fsp3) is 0.167. The van der Waals surface area contributed by atoms with E-state index < -0.39 is 5.97 Å². The number of ether oxygens (including phenoxy) is 2. The molecule has 0 aliphatic heterocycles. The molecule has 0 fully saturated rings. The van der Waals surface area contributed by atoms with E-state index in [0.717, 1.165) is 22.2 Å². The number of carbonyl (C=O) groups excluding carboxylic acids is 1. The number of para-hydroxylation sites is 1. The van der Waals surface area contributed by atoms with Crippen LogP contribution in [0.2, 0.25) is 5.15 Å². The molecule has 0 saturated heterocycles. The largest absolute Gasteiger partial charge is 0.497 e. The molecule has 0 aliphatic carbocycles. The van der Waals surface area contributed by atoms with E-state index in [-0.39, 0.29) is 0 Å². The molecule has 0 bridgehead atoms. The number of rotatable bonds is 4. The third-order valence-electron chi connectivity index (χ3n) is 3.80. The standard InChI is InChI=1S/C18H16ClNO3/c1-22-13-9-7-12(8-10-13)11-20-15-6-4-3-5-14(15)16(17(20)19)18(21)23-2/h3-10H,11H2,1-2H3. The van der Waals surface area contributed by atoms with E-state index in [1.807, 2.05) is 53.1 Å². The Morgan fingerprint density at radius 2 is 1.78 bits per heavy atom. The summed E-state index contributed by atoms with van der Waals surface area (Å²) in [6, 6.07) is 15.4. The first kappa shape index (κ1) is 15.4. The second kappa shape index (κ2) is 6.34. The highest BCUT2D eigenvalue weighted by Crippen LogP contribution is 2.31. The number of hydrogen-bond donors (Lipinski definition) is 0. The van der Waals surface area contributed by atoms with Crippen LogP contribution in [0, 0.1) is 0 Å². The molecule has 3 aromatic rings. The van der Waals surface area contributed by atoms with Gasteiger partial charge < -0.3 is 14.0 Å². The maximum atomic E-state index is 12.1. The minimum absolute atomic E-state index is 0.383. The van der Waals surface area contributed by atoms with Crippen molar-refractivity contribution in [3.05, 3.63) is 64.8 Å². The Hall–Kier alpha value is -2.46. The fourth-order valence-electron chi connectivity index (χ4n) is 2.64. The Kier molecular flexibility index (Phi) is 4.26. The van der Waals surface area contributed by atoms with Crippen molar-refractivity contribution in [2.75, 3.05) is 14.2 Å². The van der Waals surface area contributed by atoms with Crippen LogP contribution in [0.3, 0.4) is 0 Å². The normalized spacial score (nSPS) is 10.7. The van der Waals surface area contributed by atoms with Gasteiger partial charge in [-0.3, -0.25) is 0 Å². The molecular weight excluding hydrogens is 314 g/mol. The summed E-state index contributed by atoms with van der Waals surface area (Å²) in [5.41, 5.74) is 2.36. The van der Waals surface area contributed by atoms with Gasteiger partial charge in [0.05, 0.1) is 19.7 Å². The molecule has 5 heteroatoms. The van der Waals surface area contributed by atoms with Crippen LogP contribution in [0.1, 0.15) is 15.9 Å². The van der Waals surface area contributed by atoms with Crippen LogP contribution in [0.15, 0.2) is 48.5 Å². The van der Waals surface area contributed by atoms with Crippen molar-refractivity contribution < 1.29 is 14.3 Å². The van der Waals surface area contributed by atoms with Gasteiger partial charge in [0.25, 0.3) is 0 Å². The number of aromatic nitrogens is 1. The summed E-state index contributed by atoms with van der Waals surface area (Å²) in [7, 11) is 2.99. The third-order valence-corrected chi connectivity index (χ3v) is 4.19. The maximum absolute atomic E-state index is 12.1. The summed E-state index contributed by atoms with van der Waals surface area (Å²) in [6.45, 7) is 0.556. The van der Waals surface area contributed by atoms with Crippen LogP contribution >= 0.6 is 11.6 Å². The molecule has 0 unspecified atom stereocenters. The van der Waals surface area contributed by atoms with Gasteiger partial charge in [0, 0.05) is 11.9 Å². The molecule has 0 amide bonds. The first-order valence-corrected chi connectivity index (χ1v) is 7.51. The predicted octanol–water partition coefficient (Wildman–Crippen LogP) is 4.14. The van der Waals surface area contributed by atoms with E-state index in [4.69, 9.17) is 21.1 Å². The molecule has 118 valence electrons. The summed E-state index contributed by atoms with van der Waals surface area (Å²) < 4.78 is 11.9. The fourth-order valence-corrected chi connectivity index (χ4v) is 2.97. The molecule has 2 aromatic carbocycles. The summed E-state index contributed by atoms with van der Waals surface area (Å²) in [5, 5.41) is 1.17. The van der Waals surface area contributed by atoms with Crippen molar-refractivity contribution in [3.8, 4) is 5.75 Å². The predicted molar refractivity (Wildman–Crippen MR) is 90.4 cm³/mol. The van der Waals surface area contributed by atoms with E-state index in [1.165, 1.54) is 7.11 Å². The lowest BCUT2D eigenvalue weighted by atomic mass is 10.2. The molecule has 0 spiro atoms. The number of nitrogens with zero attached hydrogens (tertiary/aromatic N) is 1. The van der Waals surface area contributed by atoms with Gasteiger partial charge in [-0.1, -0.05) is 41.9 Å². The molecule has 0 N–H and O–H groups in total. The maximum Gasteiger partial charge on any atom is 0.341 e. The summed E-state index contributed by atoms with van der Waals surface area (Å²) >= 11 is 6.47. The lowest BCUT2D eigenvalue weighted by molar-refractivity contribution is 0.0603. The van der Waals surface area contributed by atoms with E-state index in [0.29, 0.717) is 17.3 Å². The smallest absolute Gasteiger partial charge is 0.341 e. The zero-order valence-corrected chi connectivity index (χ0v) is 13.6. The van der Waals surface area contributed by atoms with Crippen molar-refractivity contribution in [2.24, 2.45) is 0 Å². The molecule has 0 saturated carbocycles. The summed E-state index contributed by atoms with van der Waals surface area (Å²) in [6.07, 6.45) is 0. The number of halogens is 1. The Balaban J connectivity index is 2.09. The highest BCUT2D eigenvalue weighted by Gasteiger charge is 2.21. The van der Waals surface area contributed by atoms with Gasteiger partial charge in [-0.15, -0.1) is 0 Å². The summed E-state index contributed by atoms with van der Waals surface area (Å²) in [4.78, 5) is 12.1. The van der Waals surface area contributed by atoms with Crippen molar-refractivity contribution in [1.29, 1.82) is 0 Å². The minimum atomic E-state index is -0.431. The van der Waals surface area contributed by atoms with Gasteiger partial charge in [-0.05, 0) is 23.8 Å². The van der Waals surface area contributed by atoms with E-state index >= 15 is 0 Å². The number of fused-ring (bicyclic) bond motifs is 1. The SMILES string of the molecule is COC(=O)c1c(Cl)n(Cc2ccc(OC)cc2)c2ccccc12. The topological polar surface area (TPSA) is 40.5 Å². The molecule has 0 atom stereocenters. The second-order valence-electron chi connectivity index (χ2n) is 5.11. The number of hydrogen-bond acceptors (Lipinski definition) is 3. The lowest BCUT2D eigenvalue weighted by Gasteiger charge is -2.08. The van der Waals surface area contributed by atoms with Crippen molar-refractivity contribution in [2.45, 2.75) is 6.54 Å². The second-order valence-corrected chi connectivity index (χ2v) is 5.47. The Labute approximate surface area is 139 Å². The molecular formula is C18H16ClNO3. The van der Waals surface area contributed by atoms with Gasteiger partial charge in [-0.25, -0.2) is 4.79 Å². The molecule has 1 heterocycles. The van der Waals surface area contributed by atoms with Gasteiger partial charge >= 0.3 is 5.97 Å². The van der Waals surface area contributed by atoms with Crippen LogP contribution in [0.25, 0.3) is 10.9 Å². The van der Waals surface area contributed by atoms with Crippen LogP contribution in [0.5, 0.6) is 5.75 Å². The Morgan fingerprint density at radius 3 is 2.43 bits per heavy atom. The number of methoxy groups -OCH3 is 2. The van der Waals surface area contributed by atoms with Crippen molar-refractivity contribution >= 4 is 28.5 Å². The zero-order valence-electron chi connectivity index (χ0n) is 12.9. The minimum Gasteiger partial charge on any atom is -0.497 e. The van der Waals surface area contributed by atoms with Crippen LogP contribution < -0.4 is 4.74 Å². The molecule has 0 radical (unpaired) electrons. The Bertz CT molecular complexity index is 853. The molecule has 3 rings (SSSR count). The van der Waals surface area contributed by atoms with Crippen LogP contribution in [0.4, 0.5) is 0 Å². The van der Waals surface area contributed by atoms with Crippen molar-refractivity contribution in [3.63, 3.8) is 0 Å². The first-order valence-electron chi connectivity index (χ1n) is 7.13. The quantitative estimate of drug-likeness (QED) is 0.675. The number of carbonyl (C=O) groups is 1. The molecule has 0 aliphatic rings. The summed E-state index contributed by atoms with van der Waals surface area (Å²) in [5.74, 6) is 0.368. The first-order chi connectivity index (χ1) is 11.2. The van der Waals surface area contributed by atoms with Gasteiger partial charge in [0.2, 0.25) is 0 Å². The van der Waals surface area contributed by atoms with E-state index in [1.54, 1.807) is 7.11 Å². The monoisotopic (exact) mass is 329 g/mol. The molecule has 23 heavy (non-hydrogen) atoms. The average molecular weight is 330 g/mol.